The minimum absolute atomic E-state index is 0.104. The Bertz CT molecular complexity index is 1170. The fraction of sp³-hybridized carbons (Fsp3) is 0.250. The van der Waals surface area contributed by atoms with E-state index >= 15 is 0 Å². The molecule has 0 radical (unpaired) electrons. The maximum atomic E-state index is 13.4. The highest BCUT2D eigenvalue weighted by Crippen LogP contribution is 2.19. The van der Waals surface area contributed by atoms with Gasteiger partial charge in [0.25, 0.3) is 11.5 Å². The number of carbonyl (C=O) groups is 1. The number of aromatic amines is 1. The SMILES string of the molecule is CC(C)CCNC(=O)c1ccc2c(=O)n(-c3ccc(F)c(Cl)c3)c(=S)[nH]c2c1. The maximum Gasteiger partial charge on any atom is 0.266 e. The van der Waals surface area contributed by atoms with Gasteiger partial charge in [-0.1, -0.05) is 25.4 Å². The third-order valence-corrected chi connectivity index (χ3v) is 4.90. The smallest absolute Gasteiger partial charge is 0.266 e. The van der Waals surface area contributed by atoms with E-state index in [0.717, 1.165) is 6.42 Å². The van der Waals surface area contributed by atoms with Crippen molar-refractivity contribution >= 4 is 40.6 Å². The van der Waals surface area contributed by atoms with Gasteiger partial charge in [0.05, 0.1) is 21.6 Å². The van der Waals surface area contributed by atoms with Crippen molar-refractivity contribution in [2.45, 2.75) is 20.3 Å². The van der Waals surface area contributed by atoms with E-state index in [9.17, 15) is 14.0 Å². The highest BCUT2D eigenvalue weighted by atomic mass is 35.5. The van der Waals surface area contributed by atoms with Crippen LogP contribution in [0.1, 0.15) is 30.6 Å². The average Bonchev–Trinajstić information content (AvgIpc) is 2.63. The van der Waals surface area contributed by atoms with E-state index in [1.807, 2.05) is 0 Å². The lowest BCUT2D eigenvalue weighted by Gasteiger charge is -2.10. The van der Waals surface area contributed by atoms with Gasteiger partial charge in [-0.2, -0.15) is 0 Å². The van der Waals surface area contributed by atoms with Crippen LogP contribution in [0.25, 0.3) is 16.6 Å². The van der Waals surface area contributed by atoms with Crippen molar-refractivity contribution in [3.8, 4) is 5.69 Å². The van der Waals surface area contributed by atoms with Crippen LogP contribution < -0.4 is 10.9 Å². The lowest BCUT2D eigenvalue weighted by atomic mass is 10.1. The molecule has 2 aromatic carbocycles. The van der Waals surface area contributed by atoms with Crippen molar-refractivity contribution in [1.82, 2.24) is 14.9 Å². The van der Waals surface area contributed by atoms with Gasteiger partial charge in [-0.3, -0.25) is 14.2 Å². The van der Waals surface area contributed by atoms with Crippen molar-refractivity contribution in [2.24, 2.45) is 5.92 Å². The van der Waals surface area contributed by atoms with Crippen LogP contribution in [0.15, 0.2) is 41.2 Å². The highest BCUT2D eigenvalue weighted by molar-refractivity contribution is 7.71. The monoisotopic (exact) mass is 419 g/mol. The molecule has 8 heteroatoms. The Kier molecular flexibility index (Phi) is 5.96. The fourth-order valence-electron chi connectivity index (χ4n) is 2.79. The second kappa shape index (κ2) is 8.24. The molecule has 0 aliphatic heterocycles. The number of amides is 1. The number of carbonyl (C=O) groups excluding carboxylic acids is 1. The Morgan fingerprint density at radius 2 is 2.04 bits per heavy atom. The van der Waals surface area contributed by atoms with Gasteiger partial charge in [-0.15, -0.1) is 0 Å². The number of hydrogen-bond acceptors (Lipinski definition) is 3. The van der Waals surface area contributed by atoms with Crippen molar-refractivity contribution in [2.75, 3.05) is 6.54 Å². The number of aromatic nitrogens is 2. The molecule has 1 heterocycles. The van der Waals surface area contributed by atoms with E-state index < -0.39 is 5.82 Å². The molecule has 0 saturated carbocycles. The number of hydrogen-bond donors (Lipinski definition) is 2. The zero-order chi connectivity index (χ0) is 20.4. The standard InChI is InChI=1S/C20H19ClFN3O2S/c1-11(2)7-8-23-18(26)12-3-5-14-17(9-12)24-20(28)25(19(14)27)13-4-6-16(22)15(21)10-13/h3-6,9-11H,7-8H2,1-2H3,(H,23,26)(H,24,28). The number of rotatable bonds is 5. The molecule has 0 fully saturated rings. The second-order valence-electron chi connectivity index (χ2n) is 6.87. The third-order valence-electron chi connectivity index (χ3n) is 4.33. The molecule has 0 saturated heterocycles. The van der Waals surface area contributed by atoms with Crippen LogP contribution in [-0.2, 0) is 0 Å². The number of halogens is 2. The highest BCUT2D eigenvalue weighted by Gasteiger charge is 2.12. The Morgan fingerprint density at radius 1 is 1.29 bits per heavy atom. The molecule has 28 heavy (non-hydrogen) atoms. The summed E-state index contributed by atoms with van der Waals surface area (Å²) < 4.78 is 14.8. The first-order valence-corrected chi connectivity index (χ1v) is 9.59. The van der Waals surface area contributed by atoms with Gasteiger partial charge >= 0.3 is 0 Å². The van der Waals surface area contributed by atoms with E-state index in [4.69, 9.17) is 23.8 Å². The minimum atomic E-state index is -0.581. The minimum Gasteiger partial charge on any atom is -0.352 e. The fourth-order valence-corrected chi connectivity index (χ4v) is 3.27. The molecule has 0 atom stereocenters. The van der Waals surface area contributed by atoms with Gasteiger partial charge in [0.2, 0.25) is 0 Å². The predicted octanol–water partition coefficient (Wildman–Crippen LogP) is 4.62. The summed E-state index contributed by atoms with van der Waals surface area (Å²) in [5.41, 5.74) is 0.864. The summed E-state index contributed by atoms with van der Waals surface area (Å²) in [7, 11) is 0. The zero-order valence-electron chi connectivity index (χ0n) is 15.4. The van der Waals surface area contributed by atoms with Crippen molar-refractivity contribution in [3.63, 3.8) is 0 Å². The quantitative estimate of drug-likeness (QED) is 0.593. The molecule has 3 aromatic rings. The first-order chi connectivity index (χ1) is 13.3. The van der Waals surface area contributed by atoms with Gasteiger partial charge in [-0.25, -0.2) is 4.39 Å². The number of nitrogens with one attached hydrogen (secondary N) is 2. The Labute approximate surface area is 171 Å². The Balaban J connectivity index is 2.01. The lowest BCUT2D eigenvalue weighted by Crippen LogP contribution is -2.25. The van der Waals surface area contributed by atoms with Crippen LogP contribution in [0.5, 0.6) is 0 Å². The largest absolute Gasteiger partial charge is 0.352 e. The number of fused-ring (bicyclic) bond motifs is 1. The van der Waals surface area contributed by atoms with Crippen molar-refractivity contribution < 1.29 is 9.18 Å². The molecule has 1 aromatic heterocycles. The molecule has 3 rings (SSSR count). The lowest BCUT2D eigenvalue weighted by molar-refractivity contribution is 0.0952. The summed E-state index contributed by atoms with van der Waals surface area (Å²) in [6.45, 7) is 4.75. The topological polar surface area (TPSA) is 66.9 Å². The predicted molar refractivity (Wildman–Crippen MR) is 111 cm³/mol. The van der Waals surface area contributed by atoms with Gasteiger partial charge in [0.15, 0.2) is 4.77 Å². The van der Waals surface area contributed by atoms with Gasteiger partial charge in [0.1, 0.15) is 5.82 Å². The zero-order valence-corrected chi connectivity index (χ0v) is 17.0. The van der Waals surface area contributed by atoms with E-state index in [1.165, 1.54) is 22.8 Å². The molecular weight excluding hydrogens is 401 g/mol. The summed E-state index contributed by atoms with van der Waals surface area (Å²) in [6.07, 6.45) is 0.882. The maximum absolute atomic E-state index is 13.4. The van der Waals surface area contributed by atoms with Crippen LogP contribution in [0.4, 0.5) is 4.39 Å². The van der Waals surface area contributed by atoms with E-state index in [1.54, 1.807) is 18.2 Å². The Morgan fingerprint density at radius 3 is 2.71 bits per heavy atom. The molecule has 0 bridgehead atoms. The van der Waals surface area contributed by atoms with Gasteiger partial charge in [0, 0.05) is 12.1 Å². The number of nitrogens with zero attached hydrogens (tertiary/aromatic N) is 1. The summed E-state index contributed by atoms with van der Waals surface area (Å²) in [4.78, 5) is 28.2. The first kappa shape index (κ1) is 20.2. The molecular formula is C20H19ClFN3O2S. The van der Waals surface area contributed by atoms with Crippen LogP contribution in [0.2, 0.25) is 5.02 Å². The normalized spacial score (nSPS) is 11.2. The summed E-state index contributed by atoms with van der Waals surface area (Å²) in [5, 5.41) is 3.11. The molecule has 5 nitrogen and oxygen atoms in total. The van der Waals surface area contributed by atoms with E-state index in [0.29, 0.717) is 34.6 Å². The van der Waals surface area contributed by atoms with E-state index in [-0.39, 0.29) is 21.3 Å². The second-order valence-corrected chi connectivity index (χ2v) is 7.66. The number of H-pyrrole nitrogens is 1. The average molecular weight is 420 g/mol. The van der Waals surface area contributed by atoms with Crippen molar-refractivity contribution in [1.29, 1.82) is 0 Å². The first-order valence-electron chi connectivity index (χ1n) is 8.80. The number of benzene rings is 2. The van der Waals surface area contributed by atoms with Gasteiger partial charge < -0.3 is 10.3 Å². The molecule has 2 N–H and O–H groups in total. The third kappa shape index (κ3) is 4.15. The van der Waals surface area contributed by atoms with Crippen LogP contribution >= 0.6 is 23.8 Å². The van der Waals surface area contributed by atoms with Crippen LogP contribution in [0.3, 0.4) is 0 Å². The molecule has 0 spiro atoms. The summed E-state index contributed by atoms with van der Waals surface area (Å²) in [5.74, 6) is -0.301. The van der Waals surface area contributed by atoms with E-state index in [2.05, 4.69) is 24.1 Å². The molecule has 146 valence electrons. The molecule has 0 aliphatic rings. The van der Waals surface area contributed by atoms with Crippen LogP contribution in [0, 0.1) is 16.5 Å². The molecule has 1 amide bonds. The molecule has 0 aliphatic carbocycles. The summed E-state index contributed by atoms with van der Waals surface area (Å²) in [6, 6.07) is 8.70. The van der Waals surface area contributed by atoms with Crippen LogP contribution in [-0.4, -0.2) is 22.0 Å². The van der Waals surface area contributed by atoms with Gasteiger partial charge in [-0.05, 0) is 61.0 Å². The molecule has 0 unspecified atom stereocenters. The Hall–Kier alpha value is -2.51. The summed E-state index contributed by atoms with van der Waals surface area (Å²) >= 11 is 11.1. The van der Waals surface area contributed by atoms with Crippen molar-refractivity contribution in [3.05, 3.63) is 67.9 Å².